The predicted molar refractivity (Wildman–Crippen MR) is 71.7 cm³/mol. The summed E-state index contributed by atoms with van der Waals surface area (Å²) in [5, 5.41) is 19.2. The predicted octanol–water partition coefficient (Wildman–Crippen LogP) is 3.08. The van der Waals surface area contributed by atoms with Gasteiger partial charge in [0, 0.05) is 10.6 Å². The Bertz CT molecular complexity index is 557. The molecule has 0 aliphatic carbocycles. The monoisotopic (exact) mass is 262 g/mol. The van der Waals surface area contributed by atoms with Gasteiger partial charge >= 0.3 is 0 Å². The number of aryl methyl sites for hydroxylation is 2. The van der Waals surface area contributed by atoms with Gasteiger partial charge in [-0.3, -0.25) is 0 Å². The first-order valence-corrected chi connectivity index (χ1v) is 6.26. The normalized spacial score (nSPS) is 12.4. The number of nitrogens with zero attached hydrogens (tertiary/aromatic N) is 2. The molecule has 0 radical (unpaired) electrons. The molecule has 2 aromatic rings. The number of hydrogen-bond acceptors (Lipinski definition) is 3. The molecule has 0 saturated heterocycles. The van der Waals surface area contributed by atoms with Crippen LogP contribution < -0.4 is 0 Å². The molecule has 0 aliphatic rings. The van der Waals surface area contributed by atoms with E-state index in [-0.39, 0.29) is 0 Å². The van der Waals surface area contributed by atoms with Crippen LogP contribution in [0.4, 0.5) is 0 Å². The lowest BCUT2D eigenvalue weighted by Crippen LogP contribution is -2.07. The Morgan fingerprint density at radius 1 is 1.28 bits per heavy atom. The highest BCUT2D eigenvalue weighted by atomic mass is 35.5. The molecule has 0 amide bonds. The number of rotatable bonds is 3. The van der Waals surface area contributed by atoms with Crippen LogP contribution in [0.25, 0.3) is 0 Å². The number of aliphatic hydroxyl groups excluding tert-OH is 1. The third-order valence-corrected chi connectivity index (χ3v) is 3.06. The molecule has 0 spiro atoms. The van der Waals surface area contributed by atoms with Crippen LogP contribution in [-0.2, 0) is 6.42 Å². The first-order chi connectivity index (χ1) is 8.61. The van der Waals surface area contributed by atoms with Gasteiger partial charge in [-0.05, 0) is 37.1 Å². The minimum absolute atomic E-state index is 0.614. The third-order valence-electron chi connectivity index (χ3n) is 2.82. The van der Waals surface area contributed by atoms with Gasteiger partial charge in [-0.1, -0.05) is 30.7 Å². The molecule has 1 aromatic heterocycles. The van der Waals surface area contributed by atoms with Gasteiger partial charge in [0.1, 0.15) is 6.10 Å². The highest BCUT2D eigenvalue weighted by Crippen LogP contribution is 2.26. The number of benzene rings is 1. The zero-order valence-electron chi connectivity index (χ0n) is 10.4. The molecule has 94 valence electrons. The zero-order valence-corrected chi connectivity index (χ0v) is 11.1. The molecule has 0 aliphatic heterocycles. The minimum atomic E-state index is -0.715. The van der Waals surface area contributed by atoms with Gasteiger partial charge in [-0.25, -0.2) is 0 Å². The molecule has 1 heterocycles. The lowest BCUT2D eigenvalue weighted by atomic mass is 9.99. The molecule has 0 bridgehead atoms. The SMILES string of the molecule is CCc1nnc(C)cc1C(O)c1cccc(Cl)c1. The van der Waals surface area contributed by atoms with Crippen LogP contribution in [0.3, 0.4) is 0 Å². The maximum absolute atomic E-state index is 10.4. The highest BCUT2D eigenvalue weighted by molar-refractivity contribution is 6.30. The summed E-state index contributed by atoms with van der Waals surface area (Å²) in [7, 11) is 0. The van der Waals surface area contributed by atoms with E-state index >= 15 is 0 Å². The number of hydrogen-bond donors (Lipinski definition) is 1. The molecule has 2 rings (SSSR count). The van der Waals surface area contributed by atoms with Crippen molar-refractivity contribution in [2.24, 2.45) is 0 Å². The summed E-state index contributed by atoms with van der Waals surface area (Å²) in [5.41, 5.74) is 3.17. The molecule has 1 aromatic carbocycles. The Hall–Kier alpha value is -1.45. The van der Waals surface area contributed by atoms with Crippen LogP contribution >= 0.6 is 11.6 Å². The summed E-state index contributed by atoms with van der Waals surface area (Å²) in [4.78, 5) is 0. The maximum atomic E-state index is 10.4. The number of aliphatic hydroxyl groups is 1. The highest BCUT2D eigenvalue weighted by Gasteiger charge is 2.16. The van der Waals surface area contributed by atoms with Gasteiger partial charge in [0.05, 0.1) is 11.4 Å². The van der Waals surface area contributed by atoms with Gasteiger partial charge in [-0.2, -0.15) is 10.2 Å². The van der Waals surface area contributed by atoms with Crippen LogP contribution in [-0.4, -0.2) is 15.3 Å². The van der Waals surface area contributed by atoms with Crippen LogP contribution in [0.15, 0.2) is 30.3 Å². The summed E-state index contributed by atoms with van der Waals surface area (Å²) >= 11 is 5.94. The maximum Gasteiger partial charge on any atom is 0.106 e. The van der Waals surface area contributed by atoms with Crippen molar-refractivity contribution < 1.29 is 5.11 Å². The molecular formula is C14H15ClN2O. The second-order valence-corrected chi connectivity index (χ2v) is 4.64. The molecular weight excluding hydrogens is 248 g/mol. The zero-order chi connectivity index (χ0) is 13.1. The van der Waals surface area contributed by atoms with Crippen LogP contribution in [0.5, 0.6) is 0 Å². The van der Waals surface area contributed by atoms with Crippen LogP contribution in [0.1, 0.15) is 35.5 Å². The Balaban J connectivity index is 2.44. The average molecular weight is 263 g/mol. The Morgan fingerprint density at radius 2 is 2.06 bits per heavy atom. The number of halogens is 1. The van der Waals surface area contributed by atoms with Crippen molar-refractivity contribution in [2.45, 2.75) is 26.4 Å². The fraction of sp³-hybridized carbons (Fsp3) is 0.286. The van der Waals surface area contributed by atoms with E-state index in [1.807, 2.05) is 32.0 Å². The van der Waals surface area contributed by atoms with Crippen molar-refractivity contribution >= 4 is 11.6 Å². The molecule has 0 fully saturated rings. The van der Waals surface area contributed by atoms with Crippen LogP contribution in [0, 0.1) is 6.92 Å². The Kier molecular flexibility index (Phi) is 3.94. The van der Waals surface area contributed by atoms with Crippen molar-refractivity contribution in [3.05, 3.63) is 57.9 Å². The molecule has 4 heteroatoms. The summed E-state index contributed by atoms with van der Waals surface area (Å²) < 4.78 is 0. The number of aromatic nitrogens is 2. The summed E-state index contributed by atoms with van der Waals surface area (Å²) in [6.45, 7) is 3.86. The quantitative estimate of drug-likeness (QED) is 0.925. The molecule has 1 unspecified atom stereocenters. The van der Waals surface area contributed by atoms with E-state index < -0.39 is 6.10 Å². The summed E-state index contributed by atoms with van der Waals surface area (Å²) in [6, 6.07) is 9.10. The Labute approximate surface area is 111 Å². The molecule has 1 N–H and O–H groups in total. The second-order valence-electron chi connectivity index (χ2n) is 4.20. The van der Waals surface area contributed by atoms with Gasteiger partial charge in [0.25, 0.3) is 0 Å². The first kappa shape index (κ1) is 13.0. The lowest BCUT2D eigenvalue weighted by molar-refractivity contribution is 0.218. The van der Waals surface area contributed by atoms with Crippen molar-refractivity contribution in [3.63, 3.8) is 0 Å². The molecule has 0 saturated carbocycles. The van der Waals surface area contributed by atoms with Crippen molar-refractivity contribution in [3.8, 4) is 0 Å². The van der Waals surface area contributed by atoms with Gasteiger partial charge in [-0.15, -0.1) is 0 Å². The molecule has 3 nitrogen and oxygen atoms in total. The Morgan fingerprint density at radius 3 is 2.72 bits per heavy atom. The van der Waals surface area contributed by atoms with E-state index in [0.29, 0.717) is 5.02 Å². The fourth-order valence-electron chi connectivity index (χ4n) is 1.90. The van der Waals surface area contributed by atoms with Crippen molar-refractivity contribution in [1.29, 1.82) is 0 Å². The third kappa shape index (κ3) is 2.68. The van der Waals surface area contributed by atoms with Gasteiger partial charge in [0.15, 0.2) is 0 Å². The standard InChI is InChI=1S/C14H15ClN2O/c1-3-13-12(7-9(2)16-17-13)14(18)10-5-4-6-11(15)8-10/h4-8,14,18H,3H2,1-2H3. The van der Waals surface area contributed by atoms with E-state index in [1.54, 1.807) is 12.1 Å². The fourth-order valence-corrected chi connectivity index (χ4v) is 2.10. The van der Waals surface area contributed by atoms with Gasteiger partial charge in [0.2, 0.25) is 0 Å². The van der Waals surface area contributed by atoms with E-state index in [2.05, 4.69) is 10.2 Å². The van der Waals surface area contributed by atoms with Crippen molar-refractivity contribution in [2.75, 3.05) is 0 Å². The minimum Gasteiger partial charge on any atom is -0.384 e. The van der Waals surface area contributed by atoms with E-state index in [0.717, 1.165) is 28.9 Å². The summed E-state index contributed by atoms with van der Waals surface area (Å²) in [6.07, 6.45) is 0.0214. The first-order valence-electron chi connectivity index (χ1n) is 5.88. The average Bonchev–Trinajstić information content (AvgIpc) is 2.38. The largest absolute Gasteiger partial charge is 0.384 e. The topological polar surface area (TPSA) is 46.0 Å². The molecule has 1 atom stereocenters. The van der Waals surface area contributed by atoms with E-state index in [4.69, 9.17) is 11.6 Å². The lowest BCUT2D eigenvalue weighted by Gasteiger charge is -2.15. The molecule has 18 heavy (non-hydrogen) atoms. The van der Waals surface area contributed by atoms with E-state index in [1.165, 1.54) is 0 Å². The van der Waals surface area contributed by atoms with E-state index in [9.17, 15) is 5.11 Å². The van der Waals surface area contributed by atoms with Crippen molar-refractivity contribution in [1.82, 2.24) is 10.2 Å². The van der Waals surface area contributed by atoms with Gasteiger partial charge < -0.3 is 5.11 Å². The smallest absolute Gasteiger partial charge is 0.106 e. The second kappa shape index (κ2) is 5.46. The van der Waals surface area contributed by atoms with Crippen LogP contribution in [0.2, 0.25) is 5.02 Å². The summed E-state index contributed by atoms with van der Waals surface area (Å²) in [5.74, 6) is 0.